The van der Waals surface area contributed by atoms with E-state index in [1.165, 1.54) is 29.1 Å². The SMILES string of the molecule is Cc1ccc(CN(Cc2ccncc2)Cc2ccc(F)cc2)n1-c1cccnc1. The Morgan fingerprint density at radius 1 is 0.793 bits per heavy atom. The molecule has 0 bridgehead atoms. The number of nitrogens with zero attached hydrogens (tertiary/aromatic N) is 4. The Balaban J connectivity index is 1.62. The van der Waals surface area contributed by atoms with Gasteiger partial charge in [0.15, 0.2) is 0 Å². The van der Waals surface area contributed by atoms with Crippen LogP contribution >= 0.6 is 0 Å². The maximum absolute atomic E-state index is 13.3. The van der Waals surface area contributed by atoms with Crippen LogP contribution in [0.3, 0.4) is 0 Å². The van der Waals surface area contributed by atoms with Crippen LogP contribution in [0, 0.1) is 12.7 Å². The standard InChI is InChI=1S/C24H23FN4/c1-19-4-9-24(29(19)23-3-2-12-27-15-23)18-28(17-21-10-13-26-14-11-21)16-20-5-7-22(25)8-6-20/h2-15H,16-18H2,1H3. The third-order valence-corrected chi connectivity index (χ3v) is 4.92. The molecule has 4 rings (SSSR count). The van der Waals surface area contributed by atoms with Crippen LogP contribution in [-0.4, -0.2) is 19.4 Å². The van der Waals surface area contributed by atoms with Crippen LogP contribution in [0.25, 0.3) is 5.69 Å². The molecule has 0 amide bonds. The first-order chi connectivity index (χ1) is 14.2. The summed E-state index contributed by atoms with van der Waals surface area (Å²) in [6.45, 7) is 4.35. The summed E-state index contributed by atoms with van der Waals surface area (Å²) in [6, 6.07) is 19.1. The maximum Gasteiger partial charge on any atom is 0.123 e. The number of aromatic nitrogens is 3. The summed E-state index contributed by atoms with van der Waals surface area (Å²) in [5, 5.41) is 0. The molecular formula is C24H23FN4. The van der Waals surface area contributed by atoms with Gasteiger partial charge < -0.3 is 4.57 Å². The van der Waals surface area contributed by atoms with Gasteiger partial charge in [-0.1, -0.05) is 12.1 Å². The molecule has 0 aliphatic carbocycles. The minimum atomic E-state index is -0.212. The van der Waals surface area contributed by atoms with Gasteiger partial charge in [-0.05, 0) is 66.6 Å². The summed E-state index contributed by atoms with van der Waals surface area (Å²) in [6.07, 6.45) is 7.29. The maximum atomic E-state index is 13.3. The zero-order valence-corrected chi connectivity index (χ0v) is 16.4. The highest BCUT2D eigenvalue weighted by Crippen LogP contribution is 2.20. The summed E-state index contributed by atoms with van der Waals surface area (Å²) in [5.74, 6) is -0.212. The van der Waals surface area contributed by atoms with Crippen molar-refractivity contribution in [2.45, 2.75) is 26.6 Å². The molecule has 0 saturated carbocycles. The van der Waals surface area contributed by atoms with Crippen molar-refractivity contribution in [3.8, 4) is 5.69 Å². The van der Waals surface area contributed by atoms with Gasteiger partial charge in [0, 0.05) is 49.6 Å². The Morgan fingerprint density at radius 3 is 2.21 bits per heavy atom. The van der Waals surface area contributed by atoms with Crippen LogP contribution in [0.4, 0.5) is 4.39 Å². The lowest BCUT2D eigenvalue weighted by Gasteiger charge is -2.24. The molecule has 4 nitrogen and oxygen atoms in total. The number of pyridine rings is 2. The van der Waals surface area contributed by atoms with Gasteiger partial charge in [-0.25, -0.2) is 4.39 Å². The fourth-order valence-corrected chi connectivity index (χ4v) is 3.56. The fraction of sp³-hybridized carbons (Fsp3) is 0.167. The third-order valence-electron chi connectivity index (χ3n) is 4.92. The summed E-state index contributed by atoms with van der Waals surface area (Å²) < 4.78 is 15.6. The van der Waals surface area contributed by atoms with Crippen molar-refractivity contribution < 1.29 is 4.39 Å². The Labute approximate surface area is 170 Å². The molecule has 4 aromatic rings. The van der Waals surface area contributed by atoms with Crippen molar-refractivity contribution in [1.29, 1.82) is 0 Å². The number of hydrogen-bond acceptors (Lipinski definition) is 3. The molecule has 0 N–H and O–H groups in total. The topological polar surface area (TPSA) is 34.0 Å². The first-order valence-electron chi connectivity index (χ1n) is 9.62. The van der Waals surface area contributed by atoms with Crippen LogP contribution in [0.5, 0.6) is 0 Å². The average molecular weight is 386 g/mol. The lowest BCUT2D eigenvalue weighted by Crippen LogP contribution is -2.24. The second kappa shape index (κ2) is 8.80. The van der Waals surface area contributed by atoms with Gasteiger partial charge in [-0.2, -0.15) is 0 Å². The van der Waals surface area contributed by atoms with Crippen molar-refractivity contribution in [3.05, 3.63) is 114 Å². The van der Waals surface area contributed by atoms with E-state index < -0.39 is 0 Å². The second-order valence-corrected chi connectivity index (χ2v) is 7.14. The van der Waals surface area contributed by atoms with Crippen LogP contribution in [0.2, 0.25) is 0 Å². The van der Waals surface area contributed by atoms with Crippen molar-refractivity contribution in [2.75, 3.05) is 0 Å². The van der Waals surface area contributed by atoms with Gasteiger partial charge in [0.1, 0.15) is 5.82 Å². The van der Waals surface area contributed by atoms with Crippen LogP contribution < -0.4 is 0 Å². The minimum Gasteiger partial charge on any atom is -0.315 e. The third kappa shape index (κ3) is 4.76. The highest BCUT2D eigenvalue weighted by molar-refractivity contribution is 5.35. The molecule has 0 saturated heterocycles. The predicted octanol–water partition coefficient (Wildman–Crippen LogP) is 4.92. The van der Waals surface area contributed by atoms with Crippen molar-refractivity contribution >= 4 is 0 Å². The van der Waals surface area contributed by atoms with Gasteiger partial charge in [-0.15, -0.1) is 0 Å². The van der Waals surface area contributed by atoms with Gasteiger partial charge in [0.25, 0.3) is 0 Å². The number of hydrogen-bond donors (Lipinski definition) is 0. The number of rotatable bonds is 7. The van der Waals surface area contributed by atoms with Crippen LogP contribution in [0.1, 0.15) is 22.5 Å². The molecule has 0 spiro atoms. The van der Waals surface area contributed by atoms with Crippen molar-refractivity contribution in [1.82, 2.24) is 19.4 Å². The molecule has 29 heavy (non-hydrogen) atoms. The van der Waals surface area contributed by atoms with Gasteiger partial charge >= 0.3 is 0 Å². The Morgan fingerprint density at radius 2 is 1.52 bits per heavy atom. The van der Waals surface area contributed by atoms with E-state index in [0.717, 1.165) is 30.9 Å². The summed E-state index contributed by atoms with van der Waals surface area (Å²) in [5.41, 5.74) is 5.68. The fourth-order valence-electron chi connectivity index (χ4n) is 3.56. The van der Waals surface area contributed by atoms with Gasteiger partial charge in [-0.3, -0.25) is 14.9 Å². The predicted molar refractivity (Wildman–Crippen MR) is 112 cm³/mol. The average Bonchev–Trinajstić information content (AvgIpc) is 3.11. The molecule has 146 valence electrons. The number of halogens is 1. The minimum absolute atomic E-state index is 0.212. The normalized spacial score (nSPS) is 11.1. The van der Waals surface area contributed by atoms with E-state index in [2.05, 4.69) is 44.6 Å². The Kier molecular flexibility index (Phi) is 5.77. The second-order valence-electron chi connectivity index (χ2n) is 7.14. The molecule has 0 atom stereocenters. The summed E-state index contributed by atoms with van der Waals surface area (Å²) >= 11 is 0. The zero-order chi connectivity index (χ0) is 20.1. The molecule has 3 heterocycles. The van der Waals surface area contributed by atoms with Crippen LogP contribution in [0.15, 0.2) is 85.5 Å². The van der Waals surface area contributed by atoms with E-state index in [4.69, 9.17) is 0 Å². The molecule has 0 radical (unpaired) electrons. The zero-order valence-electron chi connectivity index (χ0n) is 16.4. The number of benzene rings is 1. The first-order valence-corrected chi connectivity index (χ1v) is 9.62. The van der Waals surface area contributed by atoms with E-state index in [1.54, 1.807) is 6.20 Å². The largest absolute Gasteiger partial charge is 0.315 e. The lowest BCUT2D eigenvalue weighted by molar-refractivity contribution is 0.243. The molecule has 0 fully saturated rings. The van der Waals surface area contributed by atoms with Crippen LogP contribution in [-0.2, 0) is 19.6 Å². The molecule has 0 aliphatic rings. The van der Waals surface area contributed by atoms with E-state index in [9.17, 15) is 4.39 Å². The molecule has 1 aromatic carbocycles. The van der Waals surface area contributed by atoms with Crippen molar-refractivity contribution in [2.24, 2.45) is 0 Å². The van der Waals surface area contributed by atoms with E-state index in [1.807, 2.05) is 48.9 Å². The van der Waals surface area contributed by atoms with E-state index in [-0.39, 0.29) is 5.82 Å². The Hall–Kier alpha value is -3.31. The highest BCUT2D eigenvalue weighted by atomic mass is 19.1. The summed E-state index contributed by atoms with van der Waals surface area (Å²) in [7, 11) is 0. The Bertz CT molecular complexity index is 1040. The first kappa shape index (κ1) is 19.0. The van der Waals surface area contributed by atoms with Crippen molar-refractivity contribution in [3.63, 3.8) is 0 Å². The highest BCUT2D eigenvalue weighted by Gasteiger charge is 2.14. The monoisotopic (exact) mass is 386 g/mol. The van der Waals surface area contributed by atoms with E-state index in [0.29, 0.717) is 0 Å². The van der Waals surface area contributed by atoms with Gasteiger partial charge in [0.2, 0.25) is 0 Å². The van der Waals surface area contributed by atoms with Gasteiger partial charge in [0.05, 0.1) is 11.9 Å². The molecule has 0 aliphatic heterocycles. The summed E-state index contributed by atoms with van der Waals surface area (Å²) in [4.78, 5) is 10.7. The molecule has 5 heteroatoms. The quantitative estimate of drug-likeness (QED) is 0.452. The number of aryl methyl sites for hydroxylation is 1. The molecule has 0 unspecified atom stereocenters. The molecule has 3 aromatic heterocycles. The van der Waals surface area contributed by atoms with E-state index >= 15 is 0 Å². The molecular weight excluding hydrogens is 363 g/mol. The lowest BCUT2D eigenvalue weighted by atomic mass is 10.1. The smallest absolute Gasteiger partial charge is 0.123 e.